The lowest BCUT2D eigenvalue weighted by atomic mass is 10.2. The number of unbranched alkanes of at least 4 members (excludes halogenated alkanes) is 1. The van der Waals surface area contributed by atoms with Gasteiger partial charge in [0.1, 0.15) is 11.4 Å². The number of carbonyl (C=O) groups excluding carboxylic acids is 2. The van der Waals surface area contributed by atoms with E-state index in [1.807, 2.05) is 6.92 Å². The molecule has 26 heavy (non-hydrogen) atoms. The second-order valence-electron chi connectivity index (χ2n) is 5.68. The van der Waals surface area contributed by atoms with Gasteiger partial charge in [0.15, 0.2) is 0 Å². The molecule has 0 saturated heterocycles. The summed E-state index contributed by atoms with van der Waals surface area (Å²) in [6.45, 7) is 3.86. The van der Waals surface area contributed by atoms with Gasteiger partial charge in [0.05, 0.1) is 12.8 Å². The van der Waals surface area contributed by atoms with E-state index in [0.29, 0.717) is 23.7 Å². The van der Waals surface area contributed by atoms with Gasteiger partial charge < -0.3 is 15.4 Å². The van der Waals surface area contributed by atoms with Gasteiger partial charge in [-0.05, 0) is 30.7 Å². The van der Waals surface area contributed by atoms with Crippen molar-refractivity contribution in [2.24, 2.45) is 0 Å². The van der Waals surface area contributed by atoms with Crippen LogP contribution in [0.2, 0.25) is 0 Å². The van der Waals surface area contributed by atoms with Crippen molar-refractivity contribution in [3.05, 3.63) is 46.4 Å². The third kappa shape index (κ3) is 4.92. The molecule has 0 bridgehead atoms. The zero-order chi connectivity index (χ0) is 19.1. The van der Waals surface area contributed by atoms with Crippen molar-refractivity contribution in [3.8, 4) is 5.75 Å². The lowest BCUT2D eigenvalue weighted by Crippen LogP contribution is -2.26. The first kappa shape index (κ1) is 19.2. The van der Waals surface area contributed by atoms with E-state index in [4.69, 9.17) is 4.74 Å². The number of aromatic nitrogens is 2. The molecule has 0 aliphatic carbocycles. The Morgan fingerprint density at radius 1 is 1.19 bits per heavy atom. The molecule has 2 aromatic rings. The molecule has 2 amide bonds. The van der Waals surface area contributed by atoms with Gasteiger partial charge in [-0.3, -0.25) is 14.4 Å². The number of methoxy groups -OCH3 is 1. The summed E-state index contributed by atoms with van der Waals surface area (Å²) in [6, 6.07) is 7.59. The number of rotatable bonds is 7. The minimum absolute atomic E-state index is 0.118. The van der Waals surface area contributed by atoms with Crippen molar-refractivity contribution in [2.45, 2.75) is 33.2 Å². The quantitative estimate of drug-likeness (QED) is 0.790. The summed E-state index contributed by atoms with van der Waals surface area (Å²) in [7, 11) is 1.48. The molecule has 0 spiro atoms. The molecule has 8 nitrogen and oxygen atoms in total. The van der Waals surface area contributed by atoms with Gasteiger partial charge in [0.25, 0.3) is 11.5 Å². The van der Waals surface area contributed by atoms with Crippen LogP contribution in [0.3, 0.4) is 0 Å². The standard InChI is InChI=1S/C18H22N4O4/c1-4-5-10-22-17(24)9-7-14(21-22)18(25)20-15-11-13(19-12(2)23)6-8-16(15)26-3/h6-9,11H,4-5,10H2,1-3H3,(H,19,23)(H,20,25). The summed E-state index contributed by atoms with van der Waals surface area (Å²) in [5, 5.41) is 9.46. The minimum Gasteiger partial charge on any atom is -0.495 e. The van der Waals surface area contributed by atoms with Gasteiger partial charge in [0.2, 0.25) is 5.91 Å². The normalized spacial score (nSPS) is 10.3. The average Bonchev–Trinajstić information content (AvgIpc) is 2.60. The number of anilines is 2. The first-order chi connectivity index (χ1) is 12.4. The van der Waals surface area contributed by atoms with Gasteiger partial charge in [-0.1, -0.05) is 13.3 Å². The van der Waals surface area contributed by atoms with Gasteiger partial charge in [0, 0.05) is 25.2 Å². The van der Waals surface area contributed by atoms with Crippen LogP contribution in [0.5, 0.6) is 5.75 Å². The molecule has 1 aromatic heterocycles. The van der Waals surface area contributed by atoms with Crippen LogP contribution in [0.1, 0.15) is 37.2 Å². The van der Waals surface area contributed by atoms with E-state index in [1.165, 1.54) is 30.8 Å². The Hall–Kier alpha value is -3.16. The van der Waals surface area contributed by atoms with Crippen LogP contribution in [0.15, 0.2) is 35.1 Å². The number of hydrogen-bond acceptors (Lipinski definition) is 5. The number of hydrogen-bond donors (Lipinski definition) is 2. The highest BCUT2D eigenvalue weighted by Crippen LogP contribution is 2.28. The summed E-state index contributed by atoms with van der Waals surface area (Å²) >= 11 is 0. The van der Waals surface area contributed by atoms with Gasteiger partial charge in [-0.2, -0.15) is 5.10 Å². The van der Waals surface area contributed by atoms with Crippen molar-refractivity contribution in [3.63, 3.8) is 0 Å². The molecular formula is C18H22N4O4. The Morgan fingerprint density at radius 2 is 1.96 bits per heavy atom. The number of nitrogens with zero attached hydrogens (tertiary/aromatic N) is 2. The summed E-state index contributed by atoms with van der Waals surface area (Å²) in [6.07, 6.45) is 1.71. The van der Waals surface area contributed by atoms with Crippen LogP contribution in [-0.2, 0) is 11.3 Å². The molecule has 8 heteroatoms. The van der Waals surface area contributed by atoms with Crippen LogP contribution in [0.4, 0.5) is 11.4 Å². The Labute approximate surface area is 151 Å². The molecule has 0 fully saturated rings. The lowest BCUT2D eigenvalue weighted by Gasteiger charge is -2.12. The third-order valence-corrected chi connectivity index (χ3v) is 3.59. The maximum atomic E-state index is 12.5. The number of carbonyl (C=O) groups is 2. The SMILES string of the molecule is CCCCn1nc(C(=O)Nc2cc(NC(C)=O)ccc2OC)ccc1=O. The molecule has 2 rings (SSSR count). The number of nitrogens with one attached hydrogen (secondary N) is 2. The van der Waals surface area contributed by atoms with E-state index in [1.54, 1.807) is 18.2 Å². The van der Waals surface area contributed by atoms with Crippen LogP contribution >= 0.6 is 0 Å². The topological polar surface area (TPSA) is 102 Å². The van der Waals surface area contributed by atoms with Gasteiger partial charge >= 0.3 is 0 Å². The maximum Gasteiger partial charge on any atom is 0.276 e. The number of benzene rings is 1. The van der Waals surface area contributed by atoms with E-state index in [-0.39, 0.29) is 17.2 Å². The highest BCUT2D eigenvalue weighted by molar-refractivity contribution is 6.04. The minimum atomic E-state index is -0.478. The smallest absolute Gasteiger partial charge is 0.276 e. The predicted octanol–water partition coefficient (Wildman–Crippen LogP) is 2.26. The second kappa shape index (κ2) is 8.80. The van der Waals surface area contributed by atoms with E-state index in [9.17, 15) is 14.4 Å². The van der Waals surface area contributed by atoms with Gasteiger partial charge in [-0.25, -0.2) is 4.68 Å². The van der Waals surface area contributed by atoms with Crippen LogP contribution < -0.4 is 20.9 Å². The van der Waals surface area contributed by atoms with E-state index in [2.05, 4.69) is 15.7 Å². The van der Waals surface area contributed by atoms with Crippen LogP contribution in [-0.4, -0.2) is 28.7 Å². The summed E-state index contributed by atoms with van der Waals surface area (Å²) in [4.78, 5) is 35.5. The second-order valence-corrected chi connectivity index (χ2v) is 5.68. The zero-order valence-electron chi connectivity index (χ0n) is 15.0. The van der Waals surface area contributed by atoms with E-state index >= 15 is 0 Å². The molecule has 0 saturated carbocycles. The fourth-order valence-corrected chi connectivity index (χ4v) is 2.31. The molecule has 0 aliphatic heterocycles. The molecule has 1 aromatic carbocycles. The Bertz CT molecular complexity index is 861. The Morgan fingerprint density at radius 3 is 2.62 bits per heavy atom. The molecule has 0 radical (unpaired) electrons. The van der Waals surface area contributed by atoms with Crippen LogP contribution in [0.25, 0.3) is 0 Å². The van der Waals surface area contributed by atoms with Crippen molar-refractivity contribution in [1.82, 2.24) is 9.78 Å². The van der Waals surface area contributed by atoms with E-state index < -0.39 is 5.91 Å². The predicted molar refractivity (Wildman–Crippen MR) is 98.7 cm³/mol. The Balaban J connectivity index is 2.26. The van der Waals surface area contributed by atoms with Crippen LogP contribution in [0, 0.1) is 0 Å². The average molecular weight is 358 g/mol. The fourth-order valence-electron chi connectivity index (χ4n) is 2.31. The Kier molecular flexibility index (Phi) is 6.48. The molecular weight excluding hydrogens is 336 g/mol. The molecule has 1 heterocycles. The molecule has 0 aliphatic rings. The highest BCUT2D eigenvalue weighted by Gasteiger charge is 2.13. The summed E-state index contributed by atoms with van der Waals surface area (Å²) < 4.78 is 6.52. The summed E-state index contributed by atoms with van der Waals surface area (Å²) in [5.74, 6) is -0.266. The van der Waals surface area contributed by atoms with Crippen molar-refractivity contribution in [2.75, 3.05) is 17.7 Å². The number of amides is 2. The van der Waals surface area contributed by atoms with Crippen molar-refractivity contribution < 1.29 is 14.3 Å². The monoisotopic (exact) mass is 358 g/mol. The first-order valence-corrected chi connectivity index (χ1v) is 8.29. The van der Waals surface area contributed by atoms with Gasteiger partial charge in [-0.15, -0.1) is 0 Å². The van der Waals surface area contributed by atoms with Crippen molar-refractivity contribution in [1.29, 1.82) is 0 Å². The lowest BCUT2D eigenvalue weighted by molar-refractivity contribution is -0.114. The molecule has 0 unspecified atom stereocenters. The highest BCUT2D eigenvalue weighted by atomic mass is 16.5. The number of aryl methyl sites for hydroxylation is 1. The first-order valence-electron chi connectivity index (χ1n) is 8.29. The van der Waals surface area contributed by atoms with Crippen molar-refractivity contribution >= 4 is 23.2 Å². The largest absolute Gasteiger partial charge is 0.495 e. The molecule has 138 valence electrons. The molecule has 2 N–H and O–H groups in total. The van der Waals surface area contributed by atoms with E-state index in [0.717, 1.165) is 12.8 Å². The summed E-state index contributed by atoms with van der Waals surface area (Å²) in [5.41, 5.74) is 0.777. The third-order valence-electron chi connectivity index (χ3n) is 3.59. The molecule has 0 atom stereocenters. The number of ether oxygens (including phenoxy) is 1. The fraction of sp³-hybridized carbons (Fsp3) is 0.333. The maximum absolute atomic E-state index is 12.5. The zero-order valence-corrected chi connectivity index (χ0v) is 15.0.